The molecule has 1 aliphatic rings. The lowest BCUT2D eigenvalue weighted by Gasteiger charge is -2.06. The molecule has 2 aromatic heterocycles. The first kappa shape index (κ1) is 20.2. The molecule has 0 saturated heterocycles. The van der Waals surface area contributed by atoms with Crippen LogP contribution in [0.1, 0.15) is 42.5 Å². The van der Waals surface area contributed by atoms with Gasteiger partial charge in [-0.1, -0.05) is 60.7 Å². The molecule has 2 heterocycles. The molecule has 0 spiro atoms. The molecule has 0 fully saturated rings. The Hall–Kier alpha value is -3.71. The molecule has 7 heteroatoms. The van der Waals surface area contributed by atoms with Gasteiger partial charge < -0.3 is 0 Å². The Kier molecular flexibility index (Phi) is 5.56. The number of rotatable bonds is 5. The zero-order valence-electron chi connectivity index (χ0n) is 17.4. The first-order valence-electron chi connectivity index (χ1n) is 10.6. The van der Waals surface area contributed by atoms with Crippen LogP contribution in [0, 0.1) is 0 Å². The van der Waals surface area contributed by atoms with Gasteiger partial charge >= 0.3 is 0 Å². The summed E-state index contributed by atoms with van der Waals surface area (Å²) in [6, 6.07) is 21.4. The standard InChI is InChI=1S/C25H22N4O2S/c30-24(26-27-25(31)22-14-19-12-7-13-21(19)32-22)20-16-29(15-17-8-3-1-4-9-17)28-23(20)18-10-5-2-6-11-18/h1-6,8-11,14,16H,7,12-13,15H2,(H,26,30)(H,27,31). The number of hydrogen-bond acceptors (Lipinski definition) is 4. The Morgan fingerprint density at radius 2 is 1.66 bits per heavy atom. The van der Waals surface area contributed by atoms with Crippen molar-refractivity contribution in [3.63, 3.8) is 0 Å². The van der Waals surface area contributed by atoms with Crippen LogP contribution in [-0.2, 0) is 19.4 Å². The number of carbonyl (C=O) groups excluding carboxylic acids is 2. The largest absolute Gasteiger partial charge is 0.279 e. The van der Waals surface area contributed by atoms with E-state index in [1.165, 1.54) is 21.8 Å². The Balaban J connectivity index is 1.35. The molecule has 0 atom stereocenters. The molecule has 32 heavy (non-hydrogen) atoms. The first-order valence-corrected chi connectivity index (χ1v) is 11.4. The molecule has 2 N–H and O–H groups in total. The molecule has 6 nitrogen and oxygen atoms in total. The molecule has 0 aliphatic heterocycles. The van der Waals surface area contributed by atoms with Crippen LogP contribution in [0.25, 0.3) is 11.3 Å². The summed E-state index contributed by atoms with van der Waals surface area (Å²) in [6.07, 6.45) is 4.92. The van der Waals surface area contributed by atoms with Crippen molar-refractivity contribution in [2.75, 3.05) is 0 Å². The molecule has 0 unspecified atom stereocenters. The average molecular weight is 443 g/mol. The molecule has 0 bridgehead atoms. The predicted octanol–water partition coefficient (Wildman–Crippen LogP) is 4.22. The molecule has 4 aromatic rings. The van der Waals surface area contributed by atoms with E-state index in [0.29, 0.717) is 22.7 Å². The van der Waals surface area contributed by atoms with Crippen LogP contribution in [-0.4, -0.2) is 21.6 Å². The molecular formula is C25H22N4O2S. The third-order valence-electron chi connectivity index (χ3n) is 5.50. The second-order valence-electron chi connectivity index (χ2n) is 7.76. The van der Waals surface area contributed by atoms with Crippen molar-refractivity contribution < 1.29 is 9.59 Å². The minimum atomic E-state index is -0.402. The van der Waals surface area contributed by atoms with Gasteiger partial charge in [-0.2, -0.15) is 5.10 Å². The van der Waals surface area contributed by atoms with Crippen LogP contribution in [0.2, 0.25) is 0 Å². The van der Waals surface area contributed by atoms with Gasteiger partial charge in [0, 0.05) is 16.6 Å². The minimum Gasteiger partial charge on any atom is -0.267 e. The first-order chi connectivity index (χ1) is 15.7. The Morgan fingerprint density at radius 3 is 2.41 bits per heavy atom. The van der Waals surface area contributed by atoms with E-state index in [4.69, 9.17) is 0 Å². The van der Waals surface area contributed by atoms with Crippen LogP contribution in [0.15, 0.2) is 72.9 Å². The maximum atomic E-state index is 13.0. The van der Waals surface area contributed by atoms with Gasteiger partial charge in [0.25, 0.3) is 11.8 Å². The van der Waals surface area contributed by atoms with Gasteiger partial charge in [0.05, 0.1) is 17.0 Å². The van der Waals surface area contributed by atoms with Crippen LogP contribution in [0.5, 0.6) is 0 Å². The number of aryl methyl sites for hydroxylation is 2. The zero-order valence-corrected chi connectivity index (χ0v) is 18.2. The van der Waals surface area contributed by atoms with E-state index in [0.717, 1.165) is 30.4 Å². The van der Waals surface area contributed by atoms with E-state index in [1.807, 2.05) is 66.7 Å². The Labute approximate surface area is 189 Å². The number of hydrogen-bond donors (Lipinski definition) is 2. The normalized spacial score (nSPS) is 12.4. The topological polar surface area (TPSA) is 76.0 Å². The number of carbonyl (C=O) groups is 2. The number of nitrogens with zero attached hydrogens (tertiary/aromatic N) is 2. The molecule has 2 aromatic carbocycles. The maximum Gasteiger partial charge on any atom is 0.279 e. The highest BCUT2D eigenvalue weighted by molar-refractivity contribution is 7.14. The SMILES string of the molecule is O=C(NNC(=O)c1cn(Cc2ccccc2)nc1-c1ccccc1)c1cc2c(s1)CCC2. The van der Waals surface area contributed by atoms with Crippen molar-refractivity contribution in [3.8, 4) is 11.3 Å². The van der Waals surface area contributed by atoms with E-state index >= 15 is 0 Å². The van der Waals surface area contributed by atoms with Gasteiger partial charge in [0.1, 0.15) is 5.69 Å². The molecule has 160 valence electrons. The summed E-state index contributed by atoms with van der Waals surface area (Å²) in [5.41, 5.74) is 9.27. The fraction of sp³-hybridized carbons (Fsp3) is 0.160. The van der Waals surface area contributed by atoms with Gasteiger partial charge in [-0.05, 0) is 36.5 Å². The van der Waals surface area contributed by atoms with Gasteiger partial charge in [-0.25, -0.2) is 0 Å². The summed E-state index contributed by atoms with van der Waals surface area (Å²) in [4.78, 5) is 27.5. The summed E-state index contributed by atoms with van der Waals surface area (Å²) >= 11 is 1.50. The number of thiophene rings is 1. The molecule has 1 aliphatic carbocycles. The Morgan fingerprint density at radius 1 is 0.938 bits per heavy atom. The second kappa shape index (κ2) is 8.80. The summed E-state index contributed by atoms with van der Waals surface area (Å²) in [7, 11) is 0. The number of benzene rings is 2. The lowest BCUT2D eigenvalue weighted by atomic mass is 10.1. The molecule has 5 rings (SSSR count). The molecule has 0 saturated carbocycles. The van der Waals surface area contributed by atoms with E-state index in [1.54, 1.807) is 10.9 Å². The van der Waals surface area contributed by atoms with Crippen LogP contribution in [0.4, 0.5) is 0 Å². The highest BCUT2D eigenvalue weighted by Gasteiger charge is 2.21. The summed E-state index contributed by atoms with van der Waals surface area (Å²) in [5.74, 6) is -0.698. The maximum absolute atomic E-state index is 13.0. The van der Waals surface area contributed by atoms with Crippen molar-refractivity contribution in [1.29, 1.82) is 0 Å². The lowest BCUT2D eigenvalue weighted by Crippen LogP contribution is -2.41. The number of hydrazine groups is 1. The van der Waals surface area contributed by atoms with Crippen molar-refractivity contribution in [3.05, 3.63) is 99.4 Å². The third-order valence-corrected chi connectivity index (χ3v) is 6.74. The van der Waals surface area contributed by atoms with Crippen LogP contribution in [0.3, 0.4) is 0 Å². The lowest BCUT2D eigenvalue weighted by molar-refractivity contribution is 0.0849. The second-order valence-corrected chi connectivity index (χ2v) is 8.90. The highest BCUT2D eigenvalue weighted by Crippen LogP contribution is 2.30. The quantitative estimate of drug-likeness (QED) is 0.454. The van der Waals surface area contributed by atoms with Crippen LogP contribution >= 0.6 is 11.3 Å². The highest BCUT2D eigenvalue weighted by atomic mass is 32.1. The van der Waals surface area contributed by atoms with E-state index in [9.17, 15) is 9.59 Å². The number of aromatic nitrogens is 2. The predicted molar refractivity (Wildman–Crippen MR) is 124 cm³/mol. The van der Waals surface area contributed by atoms with E-state index in [2.05, 4.69) is 16.0 Å². The van der Waals surface area contributed by atoms with Crippen molar-refractivity contribution in [2.45, 2.75) is 25.8 Å². The van der Waals surface area contributed by atoms with Crippen molar-refractivity contribution in [2.24, 2.45) is 0 Å². The fourth-order valence-electron chi connectivity index (χ4n) is 3.93. The van der Waals surface area contributed by atoms with Gasteiger partial charge in [0.2, 0.25) is 0 Å². The monoisotopic (exact) mass is 442 g/mol. The van der Waals surface area contributed by atoms with E-state index < -0.39 is 5.91 Å². The summed E-state index contributed by atoms with van der Waals surface area (Å²) in [5, 5.41) is 4.66. The minimum absolute atomic E-state index is 0.296. The molecule has 2 amide bonds. The summed E-state index contributed by atoms with van der Waals surface area (Å²) in [6.45, 7) is 0.543. The molecular weight excluding hydrogens is 420 g/mol. The van der Waals surface area contributed by atoms with Gasteiger partial charge in [-0.15, -0.1) is 11.3 Å². The number of nitrogens with one attached hydrogen (secondary N) is 2. The fourth-order valence-corrected chi connectivity index (χ4v) is 5.08. The van der Waals surface area contributed by atoms with Gasteiger partial charge in [0.15, 0.2) is 0 Å². The number of amides is 2. The summed E-state index contributed by atoms with van der Waals surface area (Å²) < 4.78 is 1.75. The van der Waals surface area contributed by atoms with Crippen LogP contribution < -0.4 is 10.9 Å². The zero-order chi connectivity index (χ0) is 21.9. The smallest absolute Gasteiger partial charge is 0.267 e. The van der Waals surface area contributed by atoms with E-state index in [-0.39, 0.29) is 5.91 Å². The molecule has 0 radical (unpaired) electrons. The Bertz CT molecular complexity index is 1240. The van der Waals surface area contributed by atoms with Gasteiger partial charge in [-0.3, -0.25) is 25.1 Å². The van der Waals surface area contributed by atoms with Crippen molar-refractivity contribution in [1.82, 2.24) is 20.6 Å². The van der Waals surface area contributed by atoms with Crippen molar-refractivity contribution >= 4 is 23.2 Å². The average Bonchev–Trinajstić information content (AvgIpc) is 3.54. The number of fused-ring (bicyclic) bond motifs is 1. The third kappa shape index (κ3) is 4.20.